The second kappa shape index (κ2) is 10.6. The lowest BCUT2D eigenvalue weighted by atomic mass is 9.85. The molecule has 42 heavy (non-hydrogen) atoms. The first-order valence-electron chi connectivity index (χ1n) is 14.1. The third-order valence-electron chi connectivity index (χ3n) is 7.86. The number of pyridine rings is 1. The molecule has 1 atom stereocenters. The first-order chi connectivity index (χ1) is 20.6. The SMILES string of the molecule is CCC1Cc2c(cccc2-n2cnc(C)c2)N=C1c1[nH]nc2ccc(-c3cncc(NC(=O)c4ccccc4)c3)cc12. The Hall–Kier alpha value is -5.37. The van der Waals surface area contributed by atoms with Gasteiger partial charge in [0, 0.05) is 40.4 Å². The average molecular weight is 552 g/mol. The summed E-state index contributed by atoms with van der Waals surface area (Å²) in [4.78, 5) is 26.7. The summed E-state index contributed by atoms with van der Waals surface area (Å²) in [5.74, 6) is 0.0587. The summed E-state index contributed by atoms with van der Waals surface area (Å²) < 4.78 is 2.09. The fraction of sp³-hybridized carbons (Fsp3) is 0.147. The van der Waals surface area contributed by atoms with Crippen molar-refractivity contribution in [2.24, 2.45) is 10.9 Å². The van der Waals surface area contributed by atoms with Crippen molar-refractivity contribution in [1.29, 1.82) is 0 Å². The maximum absolute atomic E-state index is 12.7. The predicted octanol–water partition coefficient (Wildman–Crippen LogP) is 7.07. The number of benzene rings is 3. The van der Waals surface area contributed by atoms with Gasteiger partial charge in [-0.05, 0) is 67.8 Å². The molecule has 4 heterocycles. The molecule has 3 aromatic carbocycles. The Morgan fingerprint density at radius 3 is 2.71 bits per heavy atom. The normalized spacial score (nSPS) is 14.4. The molecule has 0 fully saturated rings. The summed E-state index contributed by atoms with van der Waals surface area (Å²) in [6.07, 6.45) is 9.21. The van der Waals surface area contributed by atoms with Gasteiger partial charge in [-0.2, -0.15) is 5.10 Å². The van der Waals surface area contributed by atoms with Crippen LogP contribution in [0.25, 0.3) is 27.7 Å². The minimum absolute atomic E-state index is 0.172. The number of carbonyl (C=O) groups is 1. The number of aliphatic imine (C=N–C) groups is 1. The number of fused-ring (bicyclic) bond motifs is 2. The number of carbonyl (C=O) groups excluding carboxylic acids is 1. The lowest BCUT2D eigenvalue weighted by Gasteiger charge is -2.25. The van der Waals surface area contributed by atoms with E-state index in [1.54, 1.807) is 18.3 Å². The van der Waals surface area contributed by atoms with Crippen LogP contribution in [0.5, 0.6) is 0 Å². The van der Waals surface area contributed by atoms with Crippen molar-refractivity contribution in [3.05, 3.63) is 120 Å². The summed E-state index contributed by atoms with van der Waals surface area (Å²) in [6, 6.07) is 23.5. The largest absolute Gasteiger partial charge is 0.321 e. The molecule has 8 heteroatoms. The average Bonchev–Trinajstić information content (AvgIpc) is 3.66. The van der Waals surface area contributed by atoms with Gasteiger partial charge in [0.05, 0.1) is 52.2 Å². The third kappa shape index (κ3) is 4.66. The van der Waals surface area contributed by atoms with Gasteiger partial charge in [0.1, 0.15) is 0 Å². The van der Waals surface area contributed by atoms with Crippen LogP contribution in [0.1, 0.15) is 40.7 Å². The summed E-state index contributed by atoms with van der Waals surface area (Å²) in [5, 5.41) is 11.9. The molecule has 3 aromatic heterocycles. The monoisotopic (exact) mass is 551 g/mol. The molecule has 0 saturated carbocycles. The molecular weight excluding hydrogens is 522 g/mol. The molecule has 1 amide bonds. The van der Waals surface area contributed by atoms with Crippen LogP contribution in [0.2, 0.25) is 0 Å². The Morgan fingerprint density at radius 1 is 1.02 bits per heavy atom. The van der Waals surface area contributed by atoms with Gasteiger partial charge in [0.2, 0.25) is 0 Å². The molecule has 206 valence electrons. The maximum atomic E-state index is 12.7. The third-order valence-corrected chi connectivity index (χ3v) is 7.86. The minimum Gasteiger partial charge on any atom is -0.321 e. The second-order valence-electron chi connectivity index (χ2n) is 10.6. The van der Waals surface area contributed by atoms with E-state index in [0.29, 0.717) is 11.3 Å². The van der Waals surface area contributed by atoms with Crippen molar-refractivity contribution in [3.8, 4) is 16.8 Å². The smallest absolute Gasteiger partial charge is 0.255 e. The number of hydrogen-bond acceptors (Lipinski definition) is 5. The van der Waals surface area contributed by atoms with Crippen molar-refractivity contribution in [1.82, 2.24) is 24.7 Å². The highest BCUT2D eigenvalue weighted by molar-refractivity contribution is 6.12. The van der Waals surface area contributed by atoms with Gasteiger partial charge in [-0.15, -0.1) is 0 Å². The molecule has 0 bridgehead atoms. The zero-order chi connectivity index (χ0) is 28.6. The molecule has 8 nitrogen and oxygen atoms in total. The van der Waals surface area contributed by atoms with Crippen LogP contribution >= 0.6 is 0 Å². The molecule has 7 rings (SSSR count). The van der Waals surface area contributed by atoms with E-state index < -0.39 is 0 Å². The zero-order valence-electron chi connectivity index (χ0n) is 23.4. The van der Waals surface area contributed by atoms with E-state index in [1.165, 1.54) is 5.56 Å². The molecule has 1 aliphatic rings. The number of H-pyrrole nitrogens is 1. The van der Waals surface area contributed by atoms with Gasteiger partial charge in [-0.25, -0.2) is 4.98 Å². The van der Waals surface area contributed by atoms with E-state index in [-0.39, 0.29) is 11.8 Å². The van der Waals surface area contributed by atoms with E-state index in [4.69, 9.17) is 4.99 Å². The Kier molecular flexibility index (Phi) is 6.43. The number of amides is 1. The van der Waals surface area contributed by atoms with Crippen molar-refractivity contribution >= 4 is 33.9 Å². The Bertz CT molecular complexity index is 1970. The van der Waals surface area contributed by atoms with Crippen molar-refractivity contribution in [3.63, 3.8) is 0 Å². The lowest BCUT2D eigenvalue weighted by Crippen LogP contribution is -2.22. The Morgan fingerprint density at radius 2 is 1.90 bits per heavy atom. The number of anilines is 1. The van der Waals surface area contributed by atoms with E-state index in [1.807, 2.05) is 55.8 Å². The van der Waals surface area contributed by atoms with Gasteiger partial charge in [-0.1, -0.05) is 37.3 Å². The second-order valence-corrected chi connectivity index (χ2v) is 10.6. The van der Waals surface area contributed by atoms with Gasteiger partial charge < -0.3 is 9.88 Å². The maximum Gasteiger partial charge on any atom is 0.255 e. The van der Waals surface area contributed by atoms with Gasteiger partial charge >= 0.3 is 0 Å². The van der Waals surface area contributed by atoms with E-state index >= 15 is 0 Å². The molecule has 0 radical (unpaired) electrons. The molecular formula is C34H29N7O. The first-order valence-corrected chi connectivity index (χ1v) is 14.1. The number of aromatic nitrogens is 5. The van der Waals surface area contributed by atoms with Crippen LogP contribution in [-0.2, 0) is 6.42 Å². The zero-order valence-corrected chi connectivity index (χ0v) is 23.4. The standard InChI is InChI=1S/C34H29N7O/c1-3-22-15-27-29(10-7-11-31(27)41-19-21(2)36-20-41)38-32(22)33-28-16-24(12-13-30(28)39-40-33)25-14-26(18-35-17-25)37-34(42)23-8-5-4-6-9-23/h4-14,16-20,22H,3,15H2,1-2H3,(H,37,42)(H,39,40). The number of aromatic amines is 1. The van der Waals surface area contributed by atoms with Crippen molar-refractivity contribution < 1.29 is 4.79 Å². The minimum atomic E-state index is -0.172. The highest BCUT2D eigenvalue weighted by Crippen LogP contribution is 2.37. The molecule has 1 unspecified atom stereocenters. The van der Waals surface area contributed by atoms with Crippen molar-refractivity contribution in [2.45, 2.75) is 26.7 Å². The number of imidazole rings is 1. The molecule has 6 aromatic rings. The van der Waals surface area contributed by atoms with Crippen LogP contribution in [0.15, 0.2) is 103 Å². The molecule has 0 saturated heterocycles. The van der Waals surface area contributed by atoms with Crippen LogP contribution in [0.4, 0.5) is 11.4 Å². The van der Waals surface area contributed by atoms with Crippen LogP contribution < -0.4 is 5.32 Å². The van der Waals surface area contributed by atoms with Gasteiger partial charge in [-0.3, -0.25) is 19.9 Å². The molecule has 0 spiro atoms. The number of aryl methyl sites for hydroxylation is 1. The highest BCUT2D eigenvalue weighted by Gasteiger charge is 2.28. The van der Waals surface area contributed by atoms with Gasteiger partial charge in [0.15, 0.2) is 0 Å². The fourth-order valence-electron chi connectivity index (χ4n) is 5.68. The van der Waals surface area contributed by atoms with E-state index in [0.717, 1.165) is 63.3 Å². The molecule has 2 N–H and O–H groups in total. The summed E-state index contributed by atoms with van der Waals surface area (Å²) in [6.45, 7) is 4.21. The Balaban J connectivity index is 1.25. The predicted molar refractivity (Wildman–Crippen MR) is 166 cm³/mol. The lowest BCUT2D eigenvalue weighted by molar-refractivity contribution is 0.102. The quantitative estimate of drug-likeness (QED) is 0.231. The van der Waals surface area contributed by atoms with E-state index in [2.05, 4.69) is 67.4 Å². The van der Waals surface area contributed by atoms with Crippen LogP contribution in [0.3, 0.4) is 0 Å². The Labute approximate surface area is 243 Å². The number of rotatable bonds is 6. The summed E-state index contributed by atoms with van der Waals surface area (Å²) >= 11 is 0. The summed E-state index contributed by atoms with van der Waals surface area (Å²) in [7, 11) is 0. The van der Waals surface area contributed by atoms with Crippen molar-refractivity contribution in [2.75, 3.05) is 5.32 Å². The molecule has 0 aliphatic carbocycles. The first kappa shape index (κ1) is 25.6. The topological polar surface area (TPSA) is 101 Å². The van der Waals surface area contributed by atoms with Crippen LogP contribution in [-0.4, -0.2) is 36.4 Å². The number of nitrogens with zero attached hydrogens (tertiary/aromatic N) is 5. The highest BCUT2D eigenvalue weighted by atomic mass is 16.1. The van der Waals surface area contributed by atoms with E-state index in [9.17, 15) is 4.79 Å². The number of nitrogens with one attached hydrogen (secondary N) is 2. The fourth-order valence-corrected chi connectivity index (χ4v) is 5.68. The number of hydrogen-bond donors (Lipinski definition) is 2. The molecule has 1 aliphatic heterocycles. The van der Waals surface area contributed by atoms with Gasteiger partial charge in [0.25, 0.3) is 5.91 Å². The van der Waals surface area contributed by atoms with Crippen LogP contribution in [0, 0.1) is 12.8 Å². The summed E-state index contributed by atoms with van der Waals surface area (Å²) in [5.41, 5.74) is 10.3.